The minimum Gasteiger partial charge on any atom is -0.387 e. The molecule has 0 radical (unpaired) electrons. The van der Waals surface area contributed by atoms with Gasteiger partial charge < -0.3 is 15.7 Å². The van der Waals surface area contributed by atoms with Crippen LogP contribution in [0, 0.1) is 0 Å². The first-order chi connectivity index (χ1) is 8.25. The van der Waals surface area contributed by atoms with Gasteiger partial charge in [0.05, 0.1) is 6.10 Å². The van der Waals surface area contributed by atoms with Crippen LogP contribution in [0.15, 0.2) is 16.8 Å². The molecule has 1 heterocycles. The zero-order chi connectivity index (χ0) is 12.1. The molecule has 1 amide bonds. The van der Waals surface area contributed by atoms with E-state index in [9.17, 15) is 9.90 Å². The third kappa shape index (κ3) is 4.46. The van der Waals surface area contributed by atoms with Crippen molar-refractivity contribution in [3.63, 3.8) is 0 Å². The van der Waals surface area contributed by atoms with Gasteiger partial charge in [0.25, 0.3) is 0 Å². The van der Waals surface area contributed by atoms with Gasteiger partial charge in [-0.15, -0.1) is 0 Å². The molecule has 17 heavy (non-hydrogen) atoms. The lowest BCUT2D eigenvalue weighted by molar-refractivity contribution is -0.121. The van der Waals surface area contributed by atoms with Crippen LogP contribution in [0.5, 0.6) is 0 Å². The van der Waals surface area contributed by atoms with Crippen LogP contribution in [-0.2, 0) is 4.79 Å². The lowest BCUT2D eigenvalue weighted by Crippen LogP contribution is -2.30. The molecular formula is C12H18N2O2S. The summed E-state index contributed by atoms with van der Waals surface area (Å²) in [4.78, 5) is 11.4. The van der Waals surface area contributed by atoms with Gasteiger partial charge in [-0.2, -0.15) is 11.3 Å². The number of amides is 1. The largest absolute Gasteiger partial charge is 0.387 e. The second-order valence-electron chi connectivity index (χ2n) is 4.37. The van der Waals surface area contributed by atoms with E-state index in [-0.39, 0.29) is 5.91 Å². The molecule has 1 aromatic rings. The number of rotatable bonds is 7. The molecule has 1 fully saturated rings. The number of nitrogens with one attached hydrogen (secondary N) is 2. The Morgan fingerprint density at radius 1 is 1.59 bits per heavy atom. The molecule has 1 atom stereocenters. The predicted octanol–water partition coefficient (Wildman–Crippen LogP) is 1.04. The molecule has 5 heteroatoms. The van der Waals surface area contributed by atoms with E-state index in [4.69, 9.17) is 0 Å². The summed E-state index contributed by atoms with van der Waals surface area (Å²) in [5, 5.41) is 19.7. The molecule has 1 saturated carbocycles. The van der Waals surface area contributed by atoms with Crippen LogP contribution in [-0.4, -0.2) is 30.1 Å². The van der Waals surface area contributed by atoms with Crippen LogP contribution < -0.4 is 10.6 Å². The van der Waals surface area contributed by atoms with Crippen molar-refractivity contribution < 1.29 is 9.90 Å². The molecule has 94 valence electrons. The average Bonchev–Trinajstić information content (AvgIpc) is 2.96. The van der Waals surface area contributed by atoms with Gasteiger partial charge in [-0.1, -0.05) is 0 Å². The summed E-state index contributed by atoms with van der Waals surface area (Å²) in [6.07, 6.45) is 2.24. The van der Waals surface area contributed by atoms with Gasteiger partial charge in [0, 0.05) is 25.6 Å². The highest BCUT2D eigenvalue weighted by molar-refractivity contribution is 7.07. The Bertz CT molecular complexity index is 349. The fourth-order valence-corrected chi connectivity index (χ4v) is 2.26. The number of carbonyl (C=O) groups excluding carboxylic acids is 1. The third-order valence-corrected chi connectivity index (χ3v) is 3.44. The Kier molecular flexibility index (Phi) is 4.53. The molecule has 4 nitrogen and oxygen atoms in total. The summed E-state index contributed by atoms with van der Waals surface area (Å²) in [7, 11) is 0. The highest BCUT2D eigenvalue weighted by Crippen LogP contribution is 2.18. The van der Waals surface area contributed by atoms with Gasteiger partial charge in [-0.25, -0.2) is 0 Å². The van der Waals surface area contributed by atoms with Crippen LogP contribution in [0.25, 0.3) is 0 Å². The standard InChI is InChI=1S/C12H18N2O2S/c15-11(9-4-6-17-8-9)7-13-5-3-12(16)14-10-1-2-10/h4,6,8,10-11,13,15H,1-3,5,7H2,(H,14,16). The van der Waals surface area contributed by atoms with Crippen molar-refractivity contribution in [3.8, 4) is 0 Å². The van der Waals surface area contributed by atoms with E-state index in [0.29, 0.717) is 25.6 Å². The number of hydrogen-bond donors (Lipinski definition) is 3. The van der Waals surface area contributed by atoms with Crippen LogP contribution in [0.3, 0.4) is 0 Å². The van der Waals surface area contributed by atoms with Crippen molar-refractivity contribution in [2.24, 2.45) is 0 Å². The van der Waals surface area contributed by atoms with E-state index in [1.165, 1.54) is 0 Å². The van der Waals surface area contributed by atoms with Crippen molar-refractivity contribution in [1.82, 2.24) is 10.6 Å². The summed E-state index contributed by atoms with van der Waals surface area (Å²) in [5.74, 6) is 0.102. The van der Waals surface area contributed by atoms with Gasteiger partial charge >= 0.3 is 0 Å². The second-order valence-corrected chi connectivity index (χ2v) is 5.15. The van der Waals surface area contributed by atoms with Crippen molar-refractivity contribution in [2.75, 3.05) is 13.1 Å². The molecule has 0 spiro atoms. The second kappa shape index (κ2) is 6.14. The molecule has 0 aliphatic heterocycles. The molecule has 1 aliphatic rings. The van der Waals surface area contributed by atoms with E-state index >= 15 is 0 Å². The highest BCUT2D eigenvalue weighted by atomic mass is 32.1. The molecule has 1 aromatic heterocycles. The molecule has 0 aromatic carbocycles. The van der Waals surface area contributed by atoms with E-state index in [2.05, 4.69) is 10.6 Å². The van der Waals surface area contributed by atoms with E-state index in [1.54, 1.807) is 11.3 Å². The molecule has 0 bridgehead atoms. The fourth-order valence-electron chi connectivity index (χ4n) is 1.55. The normalized spacial score (nSPS) is 16.8. The lowest BCUT2D eigenvalue weighted by atomic mass is 10.2. The smallest absolute Gasteiger partial charge is 0.221 e. The minimum atomic E-state index is -0.479. The molecular weight excluding hydrogens is 236 g/mol. The molecule has 2 rings (SSSR count). The first-order valence-electron chi connectivity index (χ1n) is 5.96. The molecule has 1 aliphatic carbocycles. The van der Waals surface area contributed by atoms with Crippen LogP contribution >= 0.6 is 11.3 Å². The van der Waals surface area contributed by atoms with Gasteiger partial charge in [-0.3, -0.25) is 4.79 Å². The van der Waals surface area contributed by atoms with Crippen molar-refractivity contribution >= 4 is 17.2 Å². The average molecular weight is 254 g/mol. The Morgan fingerprint density at radius 2 is 2.41 bits per heavy atom. The van der Waals surface area contributed by atoms with Gasteiger partial charge in [-0.05, 0) is 35.2 Å². The van der Waals surface area contributed by atoms with Crippen molar-refractivity contribution in [2.45, 2.75) is 31.4 Å². The number of aliphatic hydroxyl groups is 1. The number of thiophene rings is 1. The zero-order valence-corrected chi connectivity index (χ0v) is 10.5. The maximum Gasteiger partial charge on any atom is 0.221 e. The van der Waals surface area contributed by atoms with E-state index in [1.807, 2.05) is 16.8 Å². The summed E-state index contributed by atoms with van der Waals surface area (Å²) in [6.45, 7) is 1.10. The molecule has 1 unspecified atom stereocenters. The summed E-state index contributed by atoms with van der Waals surface area (Å²) >= 11 is 1.57. The third-order valence-electron chi connectivity index (χ3n) is 2.74. The van der Waals surface area contributed by atoms with Gasteiger partial charge in [0.1, 0.15) is 0 Å². The minimum absolute atomic E-state index is 0.102. The maximum absolute atomic E-state index is 11.4. The SMILES string of the molecule is O=C(CCNCC(O)c1ccsc1)NC1CC1. The topological polar surface area (TPSA) is 61.4 Å². The number of carbonyl (C=O) groups is 1. The van der Waals surface area contributed by atoms with Crippen LogP contribution in [0.4, 0.5) is 0 Å². The molecule has 0 saturated heterocycles. The summed E-state index contributed by atoms with van der Waals surface area (Å²) in [6, 6.07) is 2.34. The maximum atomic E-state index is 11.4. The highest BCUT2D eigenvalue weighted by Gasteiger charge is 2.22. The predicted molar refractivity (Wildman–Crippen MR) is 67.9 cm³/mol. The van der Waals surface area contributed by atoms with Gasteiger partial charge in [0.2, 0.25) is 5.91 Å². The van der Waals surface area contributed by atoms with Crippen molar-refractivity contribution in [3.05, 3.63) is 22.4 Å². The molecule has 3 N–H and O–H groups in total. The van der Waals surface area contributed by atoms with E-state index < -0.39 is 6.10 Å². The summed E-state index contributed by atoms with van der Waals surface area (Å²) in [5.41, 5.74) is 0.935. The Morgan fingerprint density at radius 3 is 3.06 bits per heavy atom. The van der Waals surface area contributed by atoms with Crippen LogP contribution in [0.1, 0.15) is 30.9 Å². The Labute approximate surface area is 105 Å². The first kappa shape index (κ1) is 12.5. The quantitative estimate of drug-likeness (QED) is 0.637. The Balaban J connectivity index is 1.54. The monoisotopic (exact) mass is 254 g/mol. The number of aliphatic hydroxyl groups excluding tert-OH is 1. The zero-order valence-electron chi connectivity index (χ0n) is 9.69. The van der Waals surface area contributed by atoms with Gasteiger partial charge in [0.15, 0.2) is 0 Å². The number of hydrogen-bond acceptors (Lipinski definition) is 4. The van der Waals surface area contributed by atoms with Crippen LogP contribution in [0.2, 0.25) is 0 Å². The first-order valence-corrected chi connectivity index (χ1v) is 6.90. The summed E-state index contributed by atoms with van der Waals surface area (Å²) < 4.78 is 0. The Hall–Kier alpha value is -0.910. The fraction of sp³-hybridized carbons (Fsp3) is 0.583. The lowest BCUT2D eigenvalue weighted by Gasteiger charge is -2.10. The van der Waals surface area contributed by atoms with Crippen molar-refractivity contribution in [1.29, 1.82) is 0 Å². The van der Waals surface area contributed by atoms with E-state index in [0.717, 1.165) is 18.4 Å².